The molecule has 1 aliphatic heterocycles. The Balaban J connectivity index is 2.31. The highest BCUT2D eigenvalue weighted by Crippen LogP contribution is 2.22. The van der Waals surface area contributed by atoms with Crippen molar-refractivity contribution in [2.24, 2.45) is 0 Å². The van der Waals surface area contributed by atoms with E-state index in [9.17, 15) is 25.2 Å². The van der Waals surface area contributed by atoms with Crippen LogP contribution in [-0.4, -0.2) is 89.6 Å². The first kappa shape index (κ1) is 50.2. The molecule has 6 atom stereocenters. The van der Waals surface area contributed by atoms with Crippen molar-refractivity contribution in [3.63, 3.8) is 0 Å². The smallest absolute Gasteiger partial charge is 0.306 e. The van der Waals surface area contributed by atoms with Gasteiger partial charge >= 0.3 is 5.97 Å². The fourth-order valence-electron chi connectivity index (χ4n) is 6.24. The van der Waals surface area contributed by atoms with E-state index in [1.54, 1.807) is 0 Å². The van der Waals surface area contributed by atoms with Crippen molar-refractivity contribution in [3.8, 4) is 0 Å². The lowest BCUT2D eigenvalue weighted by Crippen LogP contribution is -2.59. The second-order valence-electron chi connectivity index (χ2n) is 14.8. The lowest BCUT2D eigenvalue weighted by Gasteiger charge is -2.39. The van der Waals surface area contributed by atoms with Crippen molar-refractivity contribution in [1.82, 2.24) is 0 Å². The molecule has 54 heavy (non-hydrogen) atoms. The van der Waals surface area contributed by atoms with Gasteiger partial charge in [0.05, 0.1) is 19.8 Å². The molecule has 1 rings (SSSR count). The van der Waals surface area contributed by atoms with Gasteiger partial charge in [-0.05, 0) is 70.6 Å². The summed E-state index contributed by atoms with van der Waals surface area (Å²) in [7, 11) is 0. The molecular weight excluding hydrogens is 684 g/mol. The fourth-order valence-corrected chi connectivity index (χ4v) is 6.24. The zero-order valence-corrected chi connectivity index (χ0v) is 34.2. The predicted molar refractivity (Wildman–Crippen MR) is 219 cm³/mol. The molecule has 1 aliphatic rings. The number of carbonyl (C=O) groups excluding carboxylic acids is 1. The second kappa shape index (κ2) is 36.8. The summed E-state index contributed by atoms with van der Waals surface area (Å²) in [6.07, 6.45) is 37.0. The Hall–Kier alpha value is -1.85. The summed E-state index contributed by atoms with van der Waals surface area (Å²) in [5.41, 5.74) is 0. The summed E-state index contributed by atoms with van der Waals surface area (Å²) in [5, 5.41) is 40.1. The molecule has 0 radical (unpaired) electrons. The van der Waals surface area contributed by atoms with Crippen LogP contribution >= 0.6 is 0 Å². The van der Waals surface area contributed by atoms with E-state index in [0.29, 0.717) is 13.0 Å². The molecule has 1 saturated heterocycles. The van der Waals surface area contributed by atoms with Gasteiger partial charge in [-0.2, -0.15) is 0 Å². The van der Waals surface area contributed by atoms with Gasteiger partial charge in [0.15, 0.2) is 6.29 Å². The summed E-state index contributed by atoms with van der Waals surface area (Å²) in [5.74, 6) is -0.333. The lowest BCUT2D eigenvalue weighted by molar-refractivity contribution is -0.305. The molecule has 0 aromatic rings. The Morgan fingerprint density at radius 3 is 1.65 bits per heavy atom. The summed E-state index contributed by atoms with van der Waals surface area (Å²) in [4.78, 5) is 12.8. The Kier molecular flexibility index (Phi) is 34.2. The van der Waals surface area contributed by atoms with Gasteiger partial charge in [-0.3, -0.25) is 4.79 Å². The van der Waals surface area contributed by atoms with Crippen LogP contribution in [0.3, 0.4) is 0 Å². The number of ether oxygens (including phenoxy) is 4. The van der Waals surface area contributed by atoms with E-state index >= 15 is 0 Å². The van der Waals surface area contributed by atoms with Gasteiger partial charge in [0, 0.05) is 13.0 Å². The predicted octanol–water partition coefficient (Wildman–Crippen LogP) is 9.36. The van der Waals surface area contributed by atoms with Gasteiger partial charge in [-0.25, -0.2) is 0 Å². The molecule has 314 valence electrons. The average Bonchev–Trinajstić information content (AvgIpc) is 3.17. The van der Waals surface area contributed by atoms with Crippen molar-refractivity contribution in [2.75, 3.05) is 26.4 Å². The molecule has 1 fully saturated rings. The Morgan fingerprint density at radius 1 is 0.593 bits per heavy atom. The molecule has 4 N–H and O–H groups in total. The number of esters is 1. The summed E-state index contributed by atoms with van der Waals surface area (Å²) in [6, 6.07) is 0. The number of unbranched alkanes of at least 4 members (excludes halogenated alkanes) is 17. The van der Waals surface area contributed by atoms with Crippen LogP contribution in [0.25, 0.3) is 0 Å². The van der Waals surface area contributed by atoms with Gasteiger partial charge < -0.3 is 39.4 Å². The largest absolute Gasteiger partial charge is 0.457 e. The summed E-state index contributed by atoms with van der Waals surface area (Å²) in [6.45, 7) is 4.45. The summed E-state index contributed by atoms with van der Waals surface area (Å²) < 4.78 is 22.8. The standard InChI is InChI=1S/C45H80O9/c1-3-5-7-9-11-13-15-17-19-20-22-24-26-28-30-32-34-41(47)53-39(38-52-45-44(50)43(49)42(48)40(36-46)54-45)37-51-35-33-31-29-27-25-23-21-18-16-14-12-10-8-6-4-2/h10,12-13,15-16,18-20,39-40,42-46,48-50H,3-9,11,14,17,21-38H2,1-2H3/b12-10-,15-13-,18-16-,20-19-. The lowest BCUT2D eigenvalue weighted by atomic mass is 9.99. The maximum Gasteiger partial charge on any atom is 0.306 e. The molecular formula is C45H80O9. The highest BCUT2D eigenvalue weighted by Gasteiger charge is 2.44. The zero-order valence-electron chi connectivity index (χ0n) is 34.2. The van der Waals surface area contributed by atoms with Crippen molar-refractivity contribution in [1.29, 1.82) is 0 Å². The SMILES string of the molecule is CCCC/C=C\C/C=C\CCCCCCCCOCC(COC1OC(CO)C(O)C(O)C1O)OC(=O)CCCCCCC/C=C\C/C=C\CCCCCC. The van der Waals surface area contributed by atoms with Crippen LogP contribution in [0.15, 0.2) is 48.6 Å². The van der Waals surface area contributed by atoms with Crippen molar-refractivity contribution < 1.29 is 44.2 Å². The minimum atomic E-state index is -1.54. The maximum absolute atomic E-state index is 12.8. The molecule has 6 unspecified atom stereocenters. The van der Waals surface area contributed by atoms with Gasteiger partial charge in [0.1, 0.15) is 30.5 Å². The van der Waals surface area contributed by atoms with E-state index in [2.05, 4.69) is 62.5 Å². The Labute approximate surface area is 329 Å². The van der Waals surface area contributed by atoms with Crippen LogP contribution in [0.5, 0.6) is 0 Å². The molecule has 0 spiro atoms. The minimum absolute atomic E-state index is 0.125. The monoisotopic (exact) mass is 765 g/mol. The third-order valence-electron chi connectivity index (χ3n) is 9.72. The molecule has 0 bridgehead atoms. The molecule has 1 heterocycles. The highest BCUT2D eigenvalue weighted by atomic mass is 16.7. The third kappa shape index (κ3) is 27.7. The molecule has 0 amide bonds. The number of allylic oxidation sites excluding steroid dienone is 8. The Bertz CT molecular complexity index is 963. The van der Waals surface area contributed by atoms with Gasteiger partial charge in [0.2, 0.25) is 0 Å². The topological polar surface area (TPSA) is 135 Å². The van der Waals surface area contributed by atoms with Crippen LogP contribution < -0.4 is 0 Å². The number of aliphatic hydroxyl groups is 4. The number of hydrogen-bond acceptors (Lipinski definition) is 9. The number of hydrogen-bond donors (Lipinski definition) is 4. The quantitative estimate of drug-likeness (QED) is 0.0280. The minimum Gasteiger partial charge on any atom is -0.457 e. The fraction of sp³-hybridized carbons (Fsp3) is 0.800. The normalized spacial score (nSPS) is 21.3. The van der Waals surface area contributed by atoms with E-state index in [-0.39, 0.29) is 19.2 Å². The maximum atomic E-state index is 12.8. The van der Waals surface area contributed by atoms with Gasteiger partial charge in [0.25, 0.3) is 0 Å². The van der Waals surface area contributed by atoms with Crippen LogP contribution in [0, 0.1) is 0 Å². The molecule has 0 saturated carbocycles. The number of carbonyl (C=O) groups is 1. The first-order valence-electron chi connectivity index (χ1n) is 21.7. The van der Waals surface area contributed by atoms with Crippen molar-refractivity contribution >= 4 is 5.97 Å². The van der Waals surface area contributed by atoms with Crippen LogP contribution in [0.1, 0.15) is 168 Å². The van der Waals surface area contributed by atoms with Crippen LogP contribution in [0.4, 0.5) is 0 Å². The Morgan fingerprint density at radius 2 is 1.09 bits per heavy atom. The van der Waals surface area contributed by atoms with E-state index < -0.39 is 43.4 Å². The first-order chi connectivity index (χ1) is 26.4. The average molecular weight is 765 g/mol. The molecule has 9 nitrogen and oxygen atoms in total. The molecule has 0 aliphatic carbocycles. The van der Waals surface area contributed by atoms with Gasteiger partial charge in [-0.1, -0.05) is 140 Å². The van der Waals surface area contributed by atoms with Crippen molar-refractivity contribution in [3.05, 3.63) is 48.6 Å². The summed E-state index contributed by atoms with van der Waals surface area (Å²) >= 11 is 0. The molecule has 0 aromatic carbocycles. The third-order valence-corrected chi connectivity index (χ3v) is 9.72. The molecule has 9 heteroatoms. The molecule has 0 aromatic heterocycles. The highest BCUT2D eigenvalue weighted by molar-refractivity contribution is 5.69. The van der Waals surface area contributed by atoms with E-state index in [4.69, 9.17) is 18.9 Å². The van der Waals surface area contributed by atoms with Crippen molar-refractivity contribution in [2.45, 2.75) is 205 Å². The van der Waals surface area contributed by atoms with E-state index in [1.165, 1.54) is 70.6 Å². The first-order valence-corrected chi connectivity index (χ1v) is 21.7. The number of rotatable bonds is 36. The van der Waals surface area contributed by atoms with Gasteiger partial charge in [-0.15, -0.1) is 0 Å². The van der Waals surface area contributed by atoms with E-state index in [0.717, 1.165) is 77.0 Å². The second-order valence-corrected chi connectivity index (χ2v) is 14.8. The van der Waals surface area contributed by atoms with E-state index in [1.807, 2.05) is 0 Å². The number of aliphatic hydroxyl groups excluding tert-OH is 4. The zero-order chi connectivity index (χ0) is 39.3. The van der Waals surface area contributed by atoms with Crippen LogP contribution in [0.2, 0.25) is 0 Å². The van der Waals surface area contributed by atoms with Crippen LogP contribution in [-0.2, 0) is 23.7 Å².